The summed E-state index contributed by atoms with van der Waals surface area (Å²) in [5.41, 5.74) is 0. The molecular weight excluding hydrogens is 294 g/mol. The molecule has 2 rings (SSSR count). The van der Waals surface area contributed by atoms with Crippen LogP contribution in [0.5, 0.6) is 0 Å². The predicted octanol–water partition coefficient (Wildman–Crippen LogP) is 4.65. The van der Waals surface area contributed by atoms with Gasteiger partial charge in [-0.25, -0.2) is 4.98 Å². The number of pyridine rings is 1. The first-order chi connectivity index (χ1) is 7.24. The van der Waals surface area contributed by atoms with E-state index in [9.17, 15) is 0 Å². The van der Waals surface area contributed by atoms with E-state index < -0.39 is 0 Å². The van der Waals surface area contributed by atoms with Crippen LogP contribution >= 0.6 is 39.3 Å². The van der Waals surface area contributed by atoms with Gasteiger partial charge in [0.1, 0.15) is 10.2 Å². The summed E-state index contributed by atoms with van der Waals surface area (Å²) in [4.78, 5) is 5.35. The fraction of sp³-hybridized carbons (Fsp3) is 0. The molecule has 2 aromatic rings. The number of halogens is 2. The summed E-state index contributed by atoms with van der Waals surface area (Å²) in [5.74, 6) is 0. The lowest BCUT2D eigenvalue weighted by Gasteiger charge is -2.00. The fourth-order valence-corrected chi connectivity index (χ4v) is 2.35. The van der Waals surface area contributed by atoms with Crippen LogP contribution in [0.25, 0.3) is 0 Å². The molecule has 0 unspecified atom stereocenters. The zero-order valence-electron chi connectivity index (χ0n) is 7.65. The van der Waals surface area contributed by atoms with Crippen molar-refractivity contribution in [1.29, 1.82) is 0 Å². The van der Waals surface area contributed by atoms with Crippen LogP contribution in [-0.4, -0.2) is 4.98 Å². The van der Waals surface area contributed by atoms with Crippen LogP contribution in [0.4, 0.5) is 0 Å². The summed E-state index contributed by atoms with van der Waals surface area (Å²) in [7, 11) is 0. The number of rotatable bonds is 2. The average molecular weight is 301 g/mol. The third-order valence-corrected chi connectivity index (χ3v) is 3.41. The Balaban J connectivity index is 2.18. The Bertz CT molecular complexity index is 458. The summed E-state index contributed by atoms with van der Waals surface area (Å²) >= 11 is 10.8. The van der Waals surface area contributed by atoms with Crippen LogP contribution in [-0.2, 0) is 0 Å². The van der Waals surface area contributed by atoms with Gasteiger partial charge in [-0.15, -0.1) is 0 Å². The normalized spacial score (nSPS) is 10.3. The number of hydrogen-bond acceptors (Lipinski definition) is 2. The maximum absolute atomic E-state index is 5.80. The summed E-state index contributed by atoms with van der Waals surface area (Å²) in [6, 6.07) is 13.7. The predicted molar refractivity (Wildman–Crippen MR) is 67.5 cm³/mol. The zero-order chi connectivity index (χ0) is 10.7. The summed E-state index contributed by atoms with van der Waals surface area (Å²) < 4.78 is 1.07. The molecule has 1 aromatic heterocycles. The van der Waals surface area contributed by atoms with Crippen molar-refractivity contribution in [3.8, 4) is 0 Å². The van der Waals surface area contributed by atoms with E-state index in [1.54, 1.807) is 17.8 Å². The van der Waals surface area contributed by atoms with Crippen molar-refractivity contribution in [3.63, 3.8) is 0 Å². The molecule has 0 saturated carbocycles. The van der Waals surface area contributed by atoms with Crippen molar-refractivity contribution in [2.75, 3.05) is 0 Å². The van der Waals surface area contributed by atoms with Crippen molar-refractivity contribution < 1.29 is 0 Å². The third-order valence-electron chi connectivity index (χ3n) is 1.73. The molecule has 1 nitrogen and oxygen atoms in total. The second kappa shape index (κ2) is 5.01. The Kier molecular flexibility index (Phi) is 3.67. The van der Waals surface area contributed by atoms with Crippen LogP contribution in [0.2, 0.25) is 5.15 Å². The van der Waals surface area contributed by atoms with Crippen molar-refractivity contribution >= 4 is 39.3 Å². The molecule has 1 heterocycles. The second-order valence-corrected chi connectivity index (χ2v) is 5.25. The maximum Gasteiger partial charge on any atom is 0.130 e. The topological polar surface area (TPSA) is 12.9 Å². The largest absolute Gasteiger partial charge is 0.229 e. The Morgan fingerprint density at radius 1 is 1.07 bits per heavy atom. The smallest absolute Gasteiger partial charge is 0.130 e. The van der Waals surface area contributed by atoms with Crippen LogP contribution in [0.1, 0.15) is 0 Å². The van der Waals surface area contributed by atoms with E-state index in [-0.39, 0.29) is 0 Å². The minimum Gasteiger partial charge on any atom is -0.229 e. The van der Waals surface area contributed by atoms with Crippen LogP contribution < -0.4 is 0 Å². The number of nitrogens with zero attached hydrogens (tertiary/aromatic N) is 1. The Hall–Kier alpha value is -0.510. The number of hydrogen-bond donors (Lipinski definition) is 0. The standard InChI is InChI=1S/C11H7BrClNS/c12-8-4-6-9(7-5-8)15-11-3-1-2-10(13)14-11/h1-7H. The van der Waals surface area contributed by atoms with E-state index in [2.05, 4.69) is 20.9 Å². The van der Waals surface area contributed by atoms with Crippen LogP contribution in [0, 0.1) is 0 Å². The molecule has 0 N–H and O–H groups in total. The highest BCUT2D eigenvalue weighted by atomic mass is 79.9. The molecule has 0 aliphatic carbocycles. The number of benzene rings is 1. The second-order valence-electron chi connectivity index (χ2n) is 2.85. The Labute approximate surface area is 106 Å². The molecular formula is C11H7BrClNS. The molecule has 0 radical (unpaired) electrons. The molecule has 0 spiro atoms. The molecule has 0 bridgehead atoms. The van der Waals surface area contributed by atoms with Crippen LogP contribution in [0.3, 0.4) is 0 Å². The molecule has 0 amide bonds. The highest BCUT2D eigenvalue weighted by Crippen LogP contribution is 2.27. The summed E-state index contributed by atoms with van der Waals surface area (Å²) in [6.07, 6.45) is 0. The molecule has 0 saturated heterocycles. The average Bonchev–Trinajstić information content (AvgIpc) is 2.22. The van der Waals surface area contributed by atoms with E-state index in [0.717, 1.165) is 14.4 Å². The highest BCUT2D eigenvalue weighted by Gasteiger charge is 1.99. The van der Waals surface area contributed by atoms with Gasteiger partial charge >= 0.3 is 0 Å². The monoisotopic (exact) mass is 299 g/mol. The lowest BCUT2D eigenvalue weighted by atomic mass is 10.4. The summed E-state index contributed by atoms with van der Waals surface area (Å²) in [6.45, 7) is 0. The molecule has 1 aromatic carbocycles. The lowest BCUT2D eigenvalue weighted by molar-refractivity contribution is 1.13. The van der Waals surface area contributed by atoms with E-state index in [0.29, 0.717) is 5.15 Å². The quantitative estimate of drug-likeness (QED) is 0.749. The molecule has 4 heteroatoms. The Morgan fingerprint density at radius 2 is 1.80 bits per heavy atom. The highest BCUT2D eigenvalue weighted by molar-refractivity contribution is 9.10. The molecule has 15 heavy (non-hydrogen) atoms. The third kappa shape index (κ3) is 3.23. The van der Waals surface area contributed by atoms with Crippen molar-refractivity contribution in [2.45, 2.75) is 9.92 Å². The first-order valence-electron chi connectivity index (χ1n) is 4.30. The molecule has 0 aliphatic heterocycles. The molecule has 0 atom stereocenters. The minimum absolute atomic E-state index is 0.525. The van der Waals surface area contributed by atoms with Crippen molar-refractivity contribution in [2.24, 2.45) is 0 Å². The van der Waals surface area contributed by atoms with Gasteiger partial charge in [0.05, 0.1) is 0 Å². The van der Waals surface area contributed by atoms with Gasteiger partial charge in [-0.1, -0.05) is 45.4 Å². The molecule has 0 fully saturated rings. The lowest BCUT2D eigenvalue weighted by Crippen LogP contribution is -1.79. The Morgan fingerprint density at radius 3 is 2.47 bits per heavy atom. The van der Waals surface area contributed by atoms with E-state index in [4.69, 9.17) is 11.6 Å². The van der Waals surface area contributed by atoms with Gasteiger partial charge in [0.2, 0.25) is 0 Å². The van der Waals surface area contributed by atoms with Gasteiger partial charge in [-0.2, -0.15) is 0 Å². The van der Waals surface area contributed by atoms with Crippen molar-refractivity contribution in [3.05, 3.63) is 52.1 Å². The zero-order valence-corrected chi connectivity index (χ0v) is 10.8. The first-order valence-corrected chi connectivity index (χ1v) is 6.29. The number of aromatic nitrogens is 1. The van der Waals surface area contributed by atoms with E-state index in [1.807, 2.05) is 36.4 Å². The van der Waals surface area contributed by atoms with E-state index >= 15 is 0 Å². The van der Waals surface area contributed by atoms with Gasteiger partial charge in [-0.05, 0) is 36.4 Å². The fourth-order valence-electron chi connectivity index (χ4n) is 1.07. The van der Waals surface area contributed by atoms with Crippen LogP contribution in [0.15, 0.2) is 56.9 Å². The van der Waals surface area contributed by atoms with E-state index in [1.165, 1.54) is 0 Å². The van der Waals surface area contributed by atoms with Gasteiger partial charge in [0.15, 0.2) is 0 Å². The SMILES string of the molecule is Clc1cccc(Sc2ccc(Br)cc2)n1. The minimum atomic E-state index is 0.525. The first kappa shape index (κ1) is 11.0. The van der Waals surface area contributed by atoms with Gasteiger partial charge in [0, 0.05) is 9.37 Å². The maximum atomic E-state index is 5.80. The van der Waals surface area contributed by atoms with Crippen molar-refractivity contribution in [1.82, 2.24) is 4.98 Å². The van der Waals surface area contributed by atoms with Gasteiger partial charge in [-0.3, -0.25) is 0 Å². The summed E-state index contributed by atoms with van der Waals surface area (Å²) in [5, 5.41) is 1.43. The molecule has 0 aliphatic rings. The molecule has 76 valence electrons. The van der Waals surface area contributed by atoms with Gasteiger partial charge < -0.3 is 0 Å². The van der Waals surface area contributed by atoms with Gasteiger partial charge in [0.25, 0.3) is 0 Å².